The lowest BCUT2D eigenvalue weighted by molar-refractivity contribution is 0.00136. The highest BCUT2D eigenvalue weighted by Gasteiger charge is 2.31. The Morgan fingerprint density at radius 2 is 1.59 bits per heavy atom. The molecule has 0 aliphatic heterocycles. The van der Waals surface area contributed by atoms with E-state index in [2.05, 4.69) is 13.8 Å². The number of rotatable bonds is 5. The number of methoxy groups -OCH3 is 1. The van der Waals surface area contributed by atoms with E-state index in [1.165, 1.54) is 51.4 Å². The van der Waals surface area contributed by atoms with E-state index in [4.69, 9.17) is 10.5 Å². The van der Waals surface area contributed by atoms with Crippen molar-refractivity contribution in [2.75, 3.05) is 13.7 Å². The third kappa shape index (κ3) is 4.97. The highest BCUT2D eigenvalue weighted by molar-refractivity contribution is 4.84. The van der Waals surface area contributed by atoms with Gasteiger partial charge in [-0.3, -0.25) is 0 Å². The van der Waals surface area contributed by atoms with Crippen LogP contribution in [0.25, 0.3) is 0 Å². The fraction of sp³-hybridized carbons (Fsp3) is 1.00. The molecule has 0 heterocycles. The van der Waals surface area contributed by atoms with E-state index in [1.54, 1.807) is 0 Å². The van der Waals surface area contributed by atoms with Crippen LogP contribution in [0.15, 0.2) is 0 Å². The molecule has 0 aromatic heterocycles. The van der Waals surface area contributed by atoms with Gasteiger partial charge in [-0.05, 0) is 51.5 Å². The van der Waals surface area contributed by atoms with Crippen LogP contribution in [-0.2, 0) is 4.74 Å². The summed E-state index contributed by atoms with van der Waals surface area (Å²) in [5.74, 6) is 0. The van der Waals surface area contributed by atoms with E-state index in [9.17, 15) is 0 Å². The first-order valence-corrected chi connectivity index (χ1v) is 7.29. The summed E-state index contributed by atoms with van der Waals surface area (Å²) in [6.07, 6.45) is 11.9. The quantitative estimate of drug-likeness (QED) is 0.792. The first-order valence-electron chi connectivity index (χ1n) is 7.29. The van der Waals surface area contributed by atoms with E-state index in [-0.39, 0.29) is 5.60 Å². The zero-order chi connectivity index (χ0) is 12.8. The molecule has 0 atom stereocenters. The van der Waals surface area contributed by atoms with Gasteiger partial charge in [0.1, 0.15) is 0 Å². The molecule has 0 unspecified atom stereocenters. The van der Waals surface area contributed by atoms with Crippen LogP contribution >= 0.6 is 0 Å². The van der Waals surface area contributed by atoms with Gasteiger partial charge in [0, 0.05) is 7.11 Å². The van der Waals surface area contributed by atoms with Crippen LogP contribution in [0.4, 0.5) is 0 Å². The standard InChI is InChI=1S/C15H31NO/c1-14(2,17-3)11-12-15(13-16)9-7-5-4-6-8-10-15/h4-13,16H2,1-3H3. The number of ether oxygens (including phenoxy) is 1. The van der Waals surface area contributed by atoms with Crippen LogP contribution in [0.1, 0.15) is 71.6 Å². The molecule has 0 saturated heterocycles. The SMILES string of the molecule is COC(C)(C)CCC1(CN)CCCCCCC1. The monoisotopic (exact) mass is 241 g/mol. The average molecular weight is 241 g/mol. The molecular formula is C15H31NO. The van der Waals surface area contributed by atoms with Gasteiger partial charge in [0.2, 0.25) is 0 Å². The predicted octanol–water partition coefficient (Wildman–Crippen LogP) is 3.88. The van der Waals surface area contributed by atoms with Crippen molar-refractivity contribution < 1.29 is 4.74 Å². The van der Waals surface area contributed by atoms with Gasteiger partial charge >= 0.3 is 0 Å². The number of nitrogens with two attached hydrogens (primary N) is 1. The molecule has 0 amide bonds. The molecule has 2 nitrogen and oxygen atoms in total. The lowest BCUT2D eigenvalue weighted by atomic mass is 9.72. The largest absolute Gasteiger partial charge is 0.379 e. The summed E-state index contributed by atoms with van der Waals surface area (Å²) in [6.45, 7) is 5.22. The van der Waals surface area contributed by atoms with Gasteiger partial charge < -0.3 is 10.5 Å². The van der Waals surface area contributed by atoms with Crippen LogP contribution < -0.4 is 5.73 Å². The minimum atomic E-state index is 0.00450. The normalized spacial score (nSPS) is 21.9. The van der Waals surface area contributed by atoms with Crippen molar-refractivity contribution in [2.45, 2.75) is 77.2 Å². The topological polar surface area (TPSA) is 35.2 Å². The molecule has 17 heavy (non-hydrogen) atoms. The molecule has 102 valence electrons. The van der Waals surface area contributed by atoms with Crippen LogP contribution in [-0.4, -0.2) is 19.3 Å². The Bertz CT molecular complexity index is 205. The van der Waals surface area contributed by atoms with E-state index in [0.29, 0.717) is 5.41 Å². The molecule has 0 aromatic rings. The average Bonchev–Trinajstić information content (AvgIpc) is 2.29. The van der Waals surface area contributed by atoms with E-state index in [0.717, 1.165) is 13.0 Å². The zero-order valence-electron chi connectivity index (χ0n) is 12.1. The lowest BCUT2D eigenvalue weighted by Gasteiger charge is -2.37. The van der Waals surface area contributed by atoms with Crippen molar-refractivity contribution in [1.82, 2.24) is 0 Å². The molecule has 0 bridgehead atoms. The van der Waals surface area contributed by atoms with Gasteiger partial charge in [0.05, 0.1) is 5.60 Å². The number of hydrogen-bond donors (Lipinski definition) is 1. The van der Waals surface area contributed by atoms with Crippen LogP contribution in [0.5, 0.6) is 0 Å². The first-order chi connectivity index (χ1) is 8.04. The molecule has 2 N–H and O–H groups in total. The maximum Gasteiger partial charge on any atom is 0.0623 e. The molecule has 1 aliphatic rings. The highest BCUT2D eigenvalue weighted by Crippen LogP contribution is 2.39. The summed E-state index contributed by atoms with van der Waals surface area (Å²) in [4.78, 5) is 0. The lowest BCUT2D eigenvalue weighted by Crippen LogP contribution is -2.34. The second-order valence-electron chi connectivity index (χ2n) is 6.44. The molecular weight excluding hydrogens is 210 g/mol. The maximum absolute atomic E-state index is 6.09. The smallest absolute Gasteiger partial charge is 0.0623 e. The summed E-state index contributed by atoms with van der Waals surface area (Å²) in [7, 11) is 1.81. The predicted molar refractivity (Wildman–Crippen MR) is 74.1 cm³/mol. The highest BCUT2D eigenvalue weighted by atomic mass is 16.5. The molecule has 2 heteroatoms. The summed E-state index contributed by atoms with van der Waals surface area (Å²) in [6, 6.07) is 0. The Labute approximate surface area is 107 Å². The number of hydrogen-bond acceptors (Lipinski definition) is 2. The Kier molecular flexibility index (Phi) is 5.94. The van der Waals surface area contributed by atoms with E-state index >= 15 is 0 Å². The van der Waals surface area contributed by atoms with Crippen LogP contribution in [0.3, 0.4) is 0 Å². The molecule has 0 radical (unpaired) electrons. The van der Waals surface area contributed by atoms with Crippen molar-refractivity contribution in [3.8, 4) is 0 Å². The second kappa shape index (κ2) is 6.75. The van der Waals surface area contributed by atoms with Crippen molar-refractivity contribution in [1.29, 1.82) is 0 Å². The molecule has 1 fully saturated rings. The molecule has 1 rings (SSSR count). The van der Waals surface area contributed by atoms with Gasteiger partial charge in [0.25, 0.3) is 0 Å². The molecule has 0 aromatic carbocycles. The van der Waals surface area contributed by atoms with Crippen molar-refractivity contribution in [2.24, 2.45) is 11.1 Å². The minimum Gasteiger partial charge on any atom is -0.379 e. The Morgan fingerprint density at radius 3 is 2.06 bits per heavy atom. The van der Waals surface area contributed by atoms with Gasteiger partial charge in [-0.25, -0.2) is 0 Å². The summed E-state index contributed by atoms with van der Waals surface area (Å²) in [5.41, 5.74) is 6.49. The Hall–Kier alpha value is -0.0800. The van der Waals surface area contributed by atoms with Crippen LogP contribution in [0, 0.1) is 5.41 Å². The van der Waals surface area contributed by atoms with E-state index < -0.39 is 0 Å². The fourth-order valence-electron chi connectivity index (χ4n) is 2.88. The minimum absolute atomic E-state index is 0.00450. The van der Waals surface area contributed by atoms with Crippen molar-refractivity contribution in [3.63, 3.8) is 0 Å². The van der Waals surface area contributed by atoms with Crippen molar-refractivity contribution >= 4 is 0 Å². The fourth-order valence-corrected chi connectivity index (χ4v) is 2.88. The van der Waals surface area contributed by atoms with Crippen molar-refractivity contribution in [3.05, 3.63) is 0 Å². The Morgan fingerprint density at radius 1 is 1.06 bits per heavy atom. The third-order valence-electron chi connectivity index (χ3n) is 4.66. The molecule has 0 spiro atoms. The van der Waals surface area contributed by atoms with E-state index in [1.807, 2.05) is 7.11 Å². The maximum atomic E-state index is 6.09. The Balaban J connectivity index is 2.53. The van der Waals surface area contributed by atoms with Gasteiger partial charge in [-0.1, -0.05) is 32.1 Å². The van der Waals surface area contributed by atoms with Gasteiger partial charge in [0.15, 0.2) is 0 Å². The van der Waals surface area contributed by atoms with Gasteiger partial charge in [-0.2, -0.15) is 0 Å². The second-order valence-corrected chi connectivity index (χ2v) is 6.44. The molecule has 1 saturated carbocycles. The summed E-state index contributed by atoms with van der Waals surface area (Å²) < 4.78 is 5.53. The third-order valence-corrected chi connectivity index (χ3v) is 4.66. The molecule has 1 aliphatic carbocycles. The van der Waals surface area contributed by atoms with Crippen LogP contribution in [0.2, 0.25) is 0 Å². The van der Waals surface area contributed by atoms with Gasteiger partial charge in [-0.15, -0.1) is 0 Å². The zero-order valence-corrected chi connectivity index (χ0v) is 12.1. The summed E-state index contributed by atoms with van der Waals surface area (Å²) in [5, 5.41) is 0. The first kappa shape index (κ1) is 15.0. The summed E-state index contributed by atoms with van der Waals surface area (Å²) >= 11 is 0.